The second-order valence-electron chi connectivity index (χ2n) is 6.11. The molecule has 0 saturated carbocycles. The van der Waals surface area contributed by atoms with E-state index in [4.69, 9.17) is 18.0 Å². The Hall–Kier alpha value is -3.23. The van der Waals surface area contributed by atoms with Crippen molar-refractivity contribution in [3.8, 4) is 0 Å². The molecule has 2 aromatic carbocycles. The van der Waals surface area contributed by atoms with E-state index in [1.54, 1.807) is 24.3 Å². The highest BCUT2D eigenvalue weighted by Gasteiger charge is 2.16. The van der Waals surface area contributed by atoms with Gasteiger partial charge in [-0.2, -0.15) is 0 Å². The van der Waals surface area contributed by atoms with Crippen LogP contribution in [0, 0.1) is 0 Å². The van der Waals surface area contributed by atoms with Crippen molar-refractivity contribution < 1.29 is 14.3 Å². The van der Waals surface area contributed by atoms with Crippen LogP contribution in [-0.2, 0) is 11.2 Å². The Labute approximate surface area is 177 Å². The van der Waals surface area contributed by atoms with E-state index in [9.17, 15) is 9.59 Å². The van der Waals surface area contributed by atoms with Gasteiger partial charge in [0.1, 0.15) is 0 Å². The number of carbonyl (C=O) groups excluding carboxylic acids is 2. The van der Waals surface area contributed by atoms with Crippen LogP contribution in [-0.4, -0.2) is 24.1 Å². The molecular weight excluding hydrogens is 406 g/mol. The van der Waals surface area contributed by atoms with Gasteiger partial charge in [-0.05, 0) is 47.4 Å². The van der Waals surface area contributed by atoms with Crippen molar-refractivity contribution in [3.05, 3.63) is 81.5 Å². The molecule has 0 atom stereocenters. The molecule has 0 saturated heterocycles. The van der Waals surface area contributed by atoms with Gasteiger partial charge >= 0.3 is 6.09 Å². The number of ketones is 1. The molecule has 1 aromatic heterocycles. The van der Waals surface area contributed by atoms with E-state index < -0.39 is 6.09 Å². The standard InChI is InChI=1S/C21H19N3O3S2/c1-27-21(26)24-20(28)23-15-7-8-16(19(25)13-5-3-2-4-6-13)14(11-15)12-18-17(22)9-10-29-18/h2-11H,12,22H2,1H3,(H2,23,24,26,28). The van der Waals surface area contributed by atoms with Crippen molar-refractivity contribution in [2.75, 3.05) is 18.2 Å². The van der Waals surface area contributed by atoms with Crippen LogP contribution in [0.5, 0.6) is 0 Å². The van der Waals surface area contributed by atoms with Crippen LogP contribution < -0.4 is 16.4 Å². The highest BCUT2D eigenvalue weighted by Crippen LogP contribution is 2.27. The lowest BCUT2D eigenvalue weighted by Gasteiger charge is -2.13. The Bertz CT molecular complexity index is 1050. The van der Waals surface area contributed by atoms with Crippen LogP contribution in [0.15, 0.2) is 60.0 Å². The average Bonchev–Trinajstić information content (AvgIpc) is 3.12. The number of anilines is 2. The third kappa shape index (κ3) is 5.18. The molecule has 1 amide bonds. The summed E-state index contributed by atoms with van der Waals surface area (Å²) in [6.07, 6.45) is -0.158. The number of thiocarbonyl (C=S) groups is 1. The van der Waals surface area contributed by atoms with Crippen LogP contribution in [0.25, 0.3) is 0 Å². The number of benzene rings is 2. The number of methoxy groups -OCH3 is 1. The fourth-order valence-corrected chi connectivity index (χ4v) is 3.78. The van der Waals surface area contributed by atoms with E-state index in [-0.39, 0.29) is 10.9 Å². The van der Waals surface area contributed by atoms with Crippen molar-refractivity contribution in [1.29, 1.82) is 0 Å². The van der Waals surface area contributed by atoms with Crippen LogP contribution >= 0.6 is 23.6 Å². The second kappa shape index (κ2) is 9.31. The Morgan fingerprint density at radius 2 is 1.90 bits per heavy atom. The van der Waals surface area contributed by atoms with Gasteiger partial charge in [-0.25, -0.2) is 4.79 Å². The van der Waals surface area contributed by atoms with E-state index in [2.05, 4.69) is 15.4 Å². The van der Waals surface area contributed by atoms with Crippen molar-refractivity contribution in [2.45, 2.75) is 6.42 Å². The molecule has 0 radical (unpaired) electrons. The summed E-state index contributed by atoms with van der Waals surface area (Å²) in [5.41, 5.74) is 9.37. The summed E-state index contributed by atoms with van der Waals surface area (Å²) in [7, 11) is 1.26. The minimum atomic E-state index is -0.662. The zero-order chi connectivity index (χ0) is 20.8. The summed E-state index contributed by atoms with van der Waals surface area (Å²) < 4.78 is 4.53. The molecule has 4 N–H and O–H groups in total. The topological polar surface area (TPSA) is 93.5 Å². The number of amides is 1. The predicted octanol–water partition coefficient (Wildman–Crippen LogP) is 4.20. The lowest BCUT2D eigenvalue weighted by Crippen LogP contribution is -2.33. The Balaban J connectivity index is 1.93. The number of ether oxygens (including phenoxy) is 1. The smallest absolute Gasteiger partial charge is 0.413 e. The first-order valence-electron chi connectivity index (χ1n) is 8.68. The van der Waals surface area contributed by atoms with Crippen molar-refractivity contribution in [2.24, 2.45) is 0 Å². The number of nitrogens with two attached hydrogens (primary N) is 1. The molecule has 0 fully saturated rings. The van der Waals surface area contributed by atoms with Crippen LogP contribution in [0.1, 0.15) is 26.4 Å². The zero-order valence-corrected chi connectivity index (χ0v) is 17.2. The second-order valence-corrected chi connectivity index (χ2v) is 7.52. The molecule has 8 heteroatoms. The summed E-state index contributed by atoms with van der Waals surface area (Å²) in [6, 6.07) is 16.3. The van der Waals surface area contributed by atoms with Gasteiger partial charge in [-0.1, -0.05) is 30.3 Å². The Kier molecular flexibility index (Phi) is 6.58. The van der Waals surface area contributed by atoms with Gasteiger partial charge in [0.15, 0.2) is 10.9 Å². The minimum absolute atomic E-state index is 0.0717. The van der Waals surface area contributed by atoms with Gasteiger partial charge in [-0.3, -0.25) is 10.1 Å². The normalized spacial score (nSPS) is 10.2. The van der Waals surface area contributed by atoms with Gasteiger partial charge in [0, 0.05) is 33.8 Å². The van der Waals surface area contributed by atoms with E-state index >= 15 is 0 Å². The van der Waals surface area contributed by atoms with Gasteiger partial charge < -0.3 is 15.8 Å². The molecule has 0 unspecified atom stereocenters. The van der Waals surface area contributed by atoms with E-state index in [0.717, 1.165) is 10.4 Å². The number of alkyl carbamates (subject to hydrolysis) is 1. The number of hydrogen-bond acceptors (Lipinski definition) is 6. The molecule has 3 rings (SSSR count). The molecule has 3 aromatic rings. The number of thiophene rings is 1. The quantitative estimate of drug-likeness (QED) is 0.419. The maximum absolute atomic E-state index is 13.1. The van der Waals surface area contributed by atoms with Gasteiger partial charge in [0.2, 0.25) is 0 Å². The highest BCUT2D eigenvalue weighted by atomic mass is 32.1. The number of hydrogen-bond donors (Lipinski definition) is 3. The molecule has 6 nitrogen and oxygen atoms in total. The fraction of sp³-hybridized carbons (Fsp3) is 0.0952. The SMILES string of the molecule is COC(=O)NC(=S)Nc1ccc(C(=O)c2ccccc2)c(Cc2sccc2N)c1. The number of carbonyl (C=O) groups is 2. The predicted molar refractivity (Wildman–Crippen MR) is 120 cm³/mol. The lowest BCUT2D eigenvalue weighted by molar-refractivity contribution is 0.103. The molecule has 0 aliphatic heterocycles. The van der Waals surface area contributed by atoms with Crippen LogP contribution in [0.3, 0.4) is 0 Å². The minimum Gasteiger partial charge on any atom is -0.453 e. The lowest BCUT2D eigenvalue weighted by atomic mass is 9.95. The van der Waals surface area contributed by atoms with Gasteiger partial charge in [-0.15, -0.1) is 11.3 Å². The average molecular weight is 426 g/mol. The molecular formula is C21H19N3O3S2. The number of nitrogens with one attached hydrogen (secondary N) is 2. The summed E-state index contributed by atoms with van der Waals surface area (Å²) in [5.74, 6) is -0.0717. The first kappa shape index (κ1) is 20.5. The third-order valence-electron chi connectivity index (χ3n) is 4.18. The van der Waals surface area contributed by atoms with Gasteiger partial charge in [0.25, 0.3) is 0 Å². The van der Waals surface area contributed by atoms with Crippen molar-refractivity contribution in [3.63, 3.8) is 0 Å². The summed E-state index contributed by atoms with van der Waals surface area (Å²) in [4.78, 5) is 25.3. The van der Waals surface area contributed by atoms with Crippen molar-refractivity contribution >= 4 is 51.9 Å². The fourth-order valence-electron chi connectivity index (χ4n) is 2.76. The molecule has 148 valence electrons. The summed E-state index contributed by atoms with van der Waals surface area (Å²) >= 11 is 6.65. The Morgan fingerprint density at radius 1 is 1.14 bits per heavy atom. The molecule has 0 aliphatic rings. The zero-order valence-electron chi connectivity index (χ0n) is 15.6. The van der Waals surface area contributed by atoms with Gasteiger partial charge in [0.05, 0.1) is 7.11 Å². The monoisotopic (exact) mass is 425 g/mol. The molecule has 0 spiro atoms. The first-order valence-corrected chi connectivity index (χ1v) is 9.97. The Morgan fingerprint density at radius 3 is 2.55 bits per heavy atom. The first-order chi connectivity index (χ1) is 14.0. The van der Waals surface area contributed by atoms with Crippen molar-refractivity contribution in [1.82, 2.24) is 5.32 Å². The van der Waals surface area contributed by atoms with Crippen LogP contribution in [0.4, 0.5) is 16.2 Å². The van der Waals surface area contributed by atoms with Crippen LogP contribution in [0.2, 0.25) is 0 Å². The molecule has 1 heterocycles. The summed E-state index contributed by atoms with van der Waals surface area (Å²) in [5, 5.41) is 7.33. The molecule has 0 aliphatic carbocycles. The van der Waals surface area contributed by atoms with E-state index in [1.807, 2.05) is 35.7 Å². The largest absolute Gasteiger partial charge is 0.453 e. The number of nitrogen functional groups attached to an aromatic ring is 1. The molecule has 29 heavy (non-hydrogen) atoms. The number of rotatable bonds is 5. The van der Waals surface area contributed by atoms with E-state index in [1.165, 1.54) is 18.4 Å². The maximum atomic E-state index is 13.1. The highest BCUT2D eigenvalue weighted by molar-refractivity contribution is 7.80. The van der Waals surface area contributed by atoms with E-state index in [0.29, 0.717) is 28.9 Å². The maximum Gasteiger partial charge on any atom is 0.413 e. The third-order valence-corrected chi connectivity index (χ3v) is 5.32. The summed E-state index contributed by atoms with van der Waals surface area (Å²) in [6.45, 7) is 0. The molecule has 0 bridgehead atoms.